The number of ether oxygens (including phenoxy) is 2. The molecule has 0 radical (unpaired) electrons. The molecule has 2 unspecified atom stereocenters. The summed E-state index contributed by atoms with van der Waals surface area (Å²) < 4.78 is 10.5. The number of nitrogens with zero attached hydrogens (tertiary/aromatic N) is 1. The van der Waals surface area contributed by atoms with Crippen molar-refractivity contribution < 1.29 is 19.1 Å². The number of hydrogen-bond donors (Lipinski definition) is 1. The first-order chi connectivity index (χ1) is 10.1. The molecule has 0 saturated carbocycles. The number of anilines is 1. The summed E-state index contributed by atoms with van der Waals surface area (Å²) in [4.78, 5) is 25.7. The SMILES string of the molecule is CCC(C)N1C(=O)CC(Nc2ccc3c(c2)OCO3)C1=O. The van der Waals surface area contributed by atoms with Crippen molar-refractivity contribution in [2.24, 2.45) is 0 Å². The molecule has 112 valence electrons. The fraction of sp³-hybridized carbons (Fsp3) is 0.467. The molecule has 1 aromatic carbocycles. The second-order valence-electron chi connectivity index (χ2n) is 5.33. The monoisotopic (exact) mass is 290 g/mol. The molecule has 1 aromatic rings. The molecule has 0 bridgehead atoms. The summed E-state index contributed by atoms with van der Waals surface area (Å²) in [5.74, 6) is 1.06. The molecule has 2 atom stereocenters. The molecule has 6 nitrogen and oxygen atoms in total. The van der Waals surface area contributed by atoms with Gasteiger partial charge >= 0.3 is 0 Å². The second-order valence-corrected chi connectivity index (χ2v) is 5.33. The van der Waals surface area contributed by atoms with Crippen LogP contribution in [0, 0.1) is 0 Å². The van der Waals surface area contributed by atoms with Gasteiger partial charge in [-0.2, -0.15) is 0 Å². The number of fused-ring (bicyclic) bond motifs is 1. The highest BCUT2D eigenvalue weighted by Crippen LogP contribution is 2.35. The van der Waals surface area contributed by atoms with E-state index < -0.39 is 6.04 Å². The van der Waals surface area contributed by atoms with E-state index in [0.29, 0.717) is 11.5 Å². The van der Waals surface area contributed by atoms with Crippen molar-refractivity contribution >= 4 is 17.5 Å². The van der Waals surface area contributed by atoms with Gasteiger partial charge in [-0.3, -0.25) is 14.5 Å². The molecular weight excluding hydrogens is 272 g/mol. The number of likely N-dealkylation sites (tertiary alicyclic amines) is 1. The lowest BCUT2D eigenvalue weighted by atomic mass is 10.2. The smallest absolute Gasteiger partial charge is 0.252 e. The molecule has 21 heavy (non-hydrogen) atoms. The van der Waals surface area contributed by atoms with Gasteiger partial charge in [-0.05, 0) is 25.5 Å². The molecule has 0 aromatic heterocycles. The van der Waals surface area contributed by atoms with E-state index in [2.05, 4.69) is 5.32 Å². The van der Waals surface area contributed by atoms with Gasteiger partial charge in [0.15, 0.2) is 11.5 Å². The largest absolute Gasteiger partial charge is 0.454 e. The molecule has 2 aliphatic rings. The first kappa shape index (κ1) is 13.7. The van der Waals surface area contributed by atoms with Gasteiger partial charge in [-0.25, -0.2) is 0 Å². The summed E-state index contributed by atoms with van der Waals surface area (Å²) in [7, 11) is 0. The number of amides is 2. The van der Waals surface area contributed by atoms with Crippen LogP contribution in [0.3, 0.4) is 0 Å². The predicted molar refractivity (Wildman–Crippen MR) is 76.2 cm³/mol. The van der Waals surface area contributed by atoms with Crippen LogP contribution in [0.25, 0.3) is 0 Å². The van der Waals surface area contributed by atoms with Gasteiger partial charge in [-0.15, -0.1) is 0 Å². The van der Waals surface area contributed by atoms with Crippen molar-refractivity contribution in [2.75, 3.05) is 12.1 Å². The fourth-order valence-electron chi connectivity index (χ4n) is 2.60. The average molecular weight is 290 g/mol. The summed E-state index contributed by atoms with van der Waals surface area (Å²) in [6.07, 6.45) is 0.950. The Morgan fingerprint density at radius 1 is 1.33 bits per heavy atom. The fourth-order valence-corrected chi connectivity index (χ4v) is 2.60. The molecule has 6 heteroatoms. The lowest BCUT2D eigenvalue weighted by molar-refractivity contribution is -0.140. The van der Waals surface area contributed by atoms with E-state index in [-0.39, 0.29) is 31.1 Å². The Morgan fingerprint density at radius 3 is 2.86 bits per heavy atom. The molecule has 2 amide bonds. The van der Waals surface area contributed by atoms with Gasteiger partial charge in [0.1, 0.15) is 6.04 Å². The highest BCUT2D eigenvalue weighted by Gasteiger charge is 2.40. The molecule has 2 aliphatic heterocycles. The van der Waals surface area contributed by atoms with Crippen LogP contribution in [-0.4, -0.2) is 35.6 Å². The first-order valence-electron chi connectivity index (χ1n) is 7.12. The molecular formula is C15H18N2O4. The van der Waals surface area contributed by atoms with Crippen LogP contribution in [0.4, 0.5) is 5.69 Å². The zero-order valence-electron chi connectivity index (χ0n) is 12.1. The van der Waals surface area contributed by atoms with Crippen molar-refractivity contribution in [3.05, 3.63) is 18.2 Å². The van der Waals surface area contributed by atoms with Crippen molar-refractivity contribution in [3.63, 3.8) is 0 Å². The average Bonchev–Trinajstić information content (AvgIpc) is 3.03. The highest BCUT2D eigenvalue weighted by molar-refractivity contribution is 6.07. The van der Waals surface area contributed by atoms with Crippen molar-refractivity contribution in [1.29, 1.82) is 0 Å². The van der Waals surface area contributed by atoms with Crippen LogP contribution < -0.4 is 14.8 Å². The lowest BCUT2D eigenvalue weighted by Gasteiger charge is -2.21. The van der Waals surface area contributed by atoms with E-state index in [1.807, 2.05) is 19.9 Å². The predicted octanol–water partition coefficient (Wildman–Crippen LogP) is 1.75. The number of carbonyl (C=O) groups excluding carboxylic acids is 2. The van der Waals surface area contributed by atoms with Crippen LogP contribution in [0.1, 0.15) is 26.7 Å². The van der Waals surface area contributed by atoms with Crippen LogP contribution in [-0.2, 0) is 9.59 Å². The third-order valence-corrected chi connectivity index (χ3v) is 3.93. The third-order valence-electron chi connectivity index (χ3n) is 3.93. The molecule has 2 heterocycles. The molecule has 1 fully saturated rings. The van der Waals surface area contributed by atoms with Crippen molar-refractivity contribution in [1.82, 2.24) is 4.90 Å². The minimum Gasteiger partial charge on any atom is -0.454 e. The summed E-state index contributed by atoms with van der Waals surface area (Å²) in [6.45, 7) is 4.06. The minimum atomic E-state index is -0.508. The topological polar surface area (TPSA) is 67.9 Å². The van der Waals surface area contributed by atoms with Gasteiger partial charge in [0, 0.05) is 17.8 Å². The first-order valence-corrected chi connectivity index (χ1v) is 7.12. The zero-order valence-corrected chi connectivity index (χ0v) is 12.1. The van der Waals surface area contributed by atoms with Gasteiger partial charge in [0.05, 0.1) is 6.42 Å². The van der Waals surface area contributed by atoms with Crippen LogP contribution >= 0.6 is 0 Å². The Balaban J connectivity index is 1.74. The van der Waals surface area contributed by atoms with Crippen LogP contribution in [0.15, 0.2) is 18.2 Å². The summed E-state index contributed by atoms with van der Waals surface area (Å²) in [5, 5.41) is 3.11. The second kappa shape index (κ2) is 5.27. The number of benzene rings is 1. The van der Waals surface area contributed by atoms with Crippen molar-refractivity contribution in [2.45, 2.75) is 38.8 Å². The molecule has 0 aliphatic carbocycles. The van der Waals surface area contributed by atoms with Crippen molar-refractivity contribution in [3.8, 4) is 11.5 Å². The number of nitrogens with one attached hydrogen (secondary N) is 1. The lowest BCUT2D eigenvalue weighted by Crippen LogP contribution is -2.40. The van der Waals surface area contributed by atoms with E-state index in [1.165, 1.54) is 4.90 Å². The van der Waals surface area contributed by atoms with E-state index >= 15 is 0 Å². The standard InChI is InChI=1S/C15H18N2O4/c1-3-9(2)17-14(18)7-11(15(17)19)16-10-4-5-12-13(6-10)21-8-20-12/h4-6,9,11,16H,3,7-8H2,1-2H3. The Morgan fingerprint density at radius 2 is 2.10 bits per heavy atom. The highest BCUT2D eigenvalue weighted by atomic mass is 16.7. The minimum absolute atomic E-state index is 0.0615. The van der Waals surface area contributed by atoms with E-state index in [1.54, 1.807) is 12.1 Å². The summed E-state index contributed by atoms with van der Waals surface area (Å²) >= 11 is 0. The number of carbonyl (C=O) groups is 2. The Kier molecular flexibility index (Phi) is 3.45. The maximum atomic E-state index is 12.3. The maximum Gasteiger partial charge on any atom is 0.252 e. The maximum absolute atomic E-state index is 12.3. The van der Waals surface area contributed by atoms with Crippen LogP contribution in [0.5, 0.6) is 11.5 Å². The zero-order chi connectivity index (χ0) is 15.0. The Bertz CT molecular complexity index is 587. The van der Waals surface area contributed by atoms with E-state index in [0.717, 1.165) is 12.1 Å². The van der Waals surface area contributed by atoms with E-state index in [9.17, 15) is 9.59 Å². The normalized spacial score (nSPS) is 21.8. The quantitative estimate of drug-likeness (QED) is 0.856. The van der Waals surface area contributed by atoms with E-state index in [4.69, 9.17) is 9.47 Å². The van der Waals surface area contributed by atoms with Gasteiger partial charge < -0.3 is 14.8 Å². The molecule has 3 rings (SSSR count). The van der Waals surface area contributed by atoms with Gasteiger partial charge in [0.25, 0.3) is 5.91 Å². The number of hydrogen-bond acceptors (Lipinski definition) is 5. The van der Waals surface area contributed by atoms with Gasteiger partial charge in [0.2, 0.25) is 12.7 Å². The van der Waals surface area contributed by atoms with Gasteiger partial charge in [-0.1, -0.05) is 6.92 Å². The number of imide groups is 1. The summed E-state index contributed by atoms with van der Waals surface area (Å²) in [6, 6.07) is 4.82. The number of rotatable bonds is 4. The Hall–Kier alpha value is -2.24. The Labute approximate surface area is 123 Å². The molecule has 0 spiro atoms. The molecule has 1 saturated heterocycles. The summed E-state index contributed by atoms with van der Waals surface area (Å²) in [5.41, 5.74) is 0.747. The molecule has 1 N–H and O–H groups in total. The van der Waals surface area contributed by atoms with Crippen LogP contribution in [0.2, 0.25) is 0 Å². The third kappa shape index (κ3) is 2.41.